The first-order chi connectivity index (χ1) is 16.0. The maximum Gasteiger partial charge on any atom is 0.242 e. The summed E-state index contributed by atoms with van der Waals surface area (Å²) in [6.07, 6.45) is -0.284. The Morgan fingerprint density at radius 3 is 2.39 bits per heavy atom. The Hall–Kier alpha value is -2.98. The summed E-state index contributed by atoms with van der Waals surface area (Å²) in [7, 11) is 0. The van der Waals surface area contributed by atoms with Crippen LogP contribution in [0.25, 0.3) is 5.70 Å². The molecule has 3 aromatic rings. The molecule has 1 aliphatic heterocycles. The first kappa shape index (κ1) is 23.2. The van der Waals surface area contributed by atoms with E-state index in [9.17, 15) is 8.78 Å². The molecule has 0 bridgehead atoms. The van der Waals surface area contributed by atoms with Gasteiger partial charge in [-0.25, -0.2) is 8.78 Å². The zero-order valence-electron chi connectivity index (χ0n) is 19.3. The highest BCUT2D eigenvalue weighted by molar-refractivity contribution is 5.72. The molecule has 0 spiro atoms. The molecule has 0 aliphatic carbocycles. The molecule has 1 heterocycles. The van der Waals surface area contributed by atoms with Gasteiger partial charge < -0.3 is 10.2 Å². The minimum atomic E-state index is -2.31. The monoisotopic (exact) mass is 446 g/mol. The van der Waals surface area contributed by atoms with Crippen LogP contribution in [-0.2, 0) is 32.5 Å². The van der Waals surface area contributed by atoms with Crippen molar-refractivity contribution >= 4 is 5.70 Å². The Morgan fingerprint density at radius 1 is 0.939 bits per heavy atom. The van der Waals surface area contributed by atoms with Gasteiger partial charge in [-0.2, -0.15) is 0 Å². The predicted octanol–water partition coefficient (Wildman–Crippen LogP) is 6.51. The van der Waals surface area contributed by atoms with Crippen molar-refractivity contribution in [1.82, 2.24) is 10.2 Å². The van der Waals surface area contributed by atoms with Gasteiger partial charge in [-0.05, 0) is 59.7 Å². The number of rotatable bonds is 10. The fourth-order valence-electron chi connectivity index (χ4n) is 4.67. The van der Waals surface area contributed by atoms with Crippen molar-refractivity contribution in [1.29, 1.82) is 0 Å². The van der Waals surface area contributed by atoms with Crippen molar-refractivity contribution < 1.29 is 8.78 Å². The van der Waals surface area contributed by atoms with Crippen LogP contribution in [-0.4, -0.2) is 17.9 Å². The molecule has 0 atom stereocenters. The number of fused-ring (bicyclic) bond motifs is 1. The zero-order valence-corrected chi connectivity index (χ0v) is 19.3. The van der Waals surface area contributed by atoms with E-state index in [0.717, 1.165) is 50.3 Å². The summed E-state index contributed by atoms with van der Waals surface area (Å²) in [6, 6.07) is 22.7. The molecule has 172 valence electrons. The molecule has 4 heteroatoms. The molecule has 0 saturated heterocycles. The normalized spacial score (nSPS) is 13.1. The molecule has 1 N–H and O–H groups in total. The zero-order chi connectivity index (χ0) is 23.2. The quantitative estimate of drug-likeness (QED) is 0.357. The summed E-state index contributed by atoms with van der Waals surface area (Å²) in [5.41, 5.74) is 9.34. The minimum absolute atomic E-state index is 0.190. The lowest BCUT2D eigenvalue weighted by molar-refractivity contribution is 0.149. The van der Waals surface area contributed by atoms with E-state index in [1.165, 1.54) is 27.8 Å². The lowest BCUT2D eigenvalue weighted by atomic mass is 9.99. The summed E-state index contributed by atoms with van der Waals surface area (Å²) >= 11 is 0. The molecule has 0 amide bonds. The molecule has 0 radical (unpaired) electrons. The molecule has 33 heavy (non-hydrogen) atoms. The summed E-state index contributed by atoms with van der Waals surface area (Å²) < 4.78 is 25.2. The fraction of sp³-hybridized carbons (Fsp3) is 0.310. The second-order valence-corrected chi connectivity index (χ2v) is 8.93. The van der Waals surface area contributed by atoms with Gasteiger partial charge in [0.25, 0.3) is 0 Å². The number of aryl methyl sites for hydroxylation is 2. The van der Waals surface area contributed by atoms with E-state index in [1.807, 2.05) is 12.1 Å². The molecule has 0 unspecified atom stereocenters. The maximum absolute atomic E-state index is 12.6. The Morgan fingerprint density at radius 2 is 1.67 bits per heavy atom. The van der Waals surface area contributed by atoms with Gasteiger partial charge in [0.1, 0.15) is 0 Å². The van der Waals surface area contributed by atoms with Gasteiger partial charge in [0.05, 0.1) is 0 Å². The lowest BCUT2D eigenvalue weighted by Gasteiger charge is -2.20. The van der Waals surface area contributed by atoms with Crippen molar-refractivity contribution in [2.45, 2.75) is 52.2 Å². The first-order valence-electron chi connectivity index (χ1n) is 11.7. The molecule has 2 nitrogen and oxygen atoms in total. The Bertz CT molecular complexity index is 1070. The number of benzene rings is 3. The minimum Gasteiger partial charge on any atom is -0.363 e. The topological polar surface area (TPSA) is 15.3 Å². The van der Waals surface area contributed by atoms with E-state index in [2.05, 4.69) is 66.2 Å². The largest absolute Gasteiger partial charge is 0.363 e. The Labute approximate surface area is 196 Å². The van der Waals surface area contributed by atoms with Gasteiger partial charge in [-0.15, -0.1) is 0 Å². The second kappa shape index (κ2) is 10.8. The van der Waals surface area contributed by atoms with Gasteiger partial charge >= 0.3 is 0 Å². The third-order valence-electron chi connectivity index (χ3n) is 6.29. The molecule has 3 aromatic carbocycles. The van der Waals surface area contributed by atoms with Crippen LogP contribution in [0.5, 0.6) is 0 Å². The van der Waals surface area contributed by atoms with Crippen molar-refractivity contribution in [3.63, 3.8) is 0 Å². The highest BCUT2D eigenvalue weighted by atomic mass is 19.3. The SMILES string of the molecule is C=C1c2c(C)cc(CNCCCc3ccccc3)cc2CN1Cc1ccc(CC(F)F)cc1. The van der Waals surface area contributed by atoms with Crippen LogP contribution in [0.3, 0.4) is 0 Å². The Balaban J connectivity index is 1.31. The number of nitrogens with zero attached hydrogens (tertiary/aromatic N) is 1. The highest BCUT2D eigenvalue weighted by Crippen LogP contribution is 2.36. The molecular weight excluding hydrogens is 414 g/mol. The summed E-state index contributed by atoms with van der Waals surface area (Å²) in [6.45, 7) is 9.92. The Kier molecular flexibility index (Phi) is 7.56. The average Bonchev–Trinajstić information content (AvgIpc) is 3.10. The van der Waals surface area contributed by atoms with Crippen LogP contribution in [0.15, 0.2) is 73.3 Å². The summed E-state index contributed by atoms with van der Waals surface area (Å²) in [5.74, 6) is 0. The van der Waals surface area contributed by atoms with Crippen LogP contribution >= 0.6 is 0 Å². The van der Waals surface area contributed by atoms with E-state index < -0.39 is 6.43 Å². The van der Waals surface area contributed by atoms with Gasteiger partial charge in [0.15, 0.2) is 0 Å². The molecule has 0 saturated carbocycles. The van der Waals surface area contributed by atoms with Crippen LogP contribution in [0, 0.1) is 6.92 Å². The van der Waals surface area contributed by atoms with E-state index in [0.29, 0.717) is 5.56 Å². The molecule has 4 rings (SSSR count). The molecule has 1 aliphatic rings. The lowest BCUT2D eigenvalue weighted by Crippen LogP contribution is -2.15. The van der Waals surface area contributed by atoms with Crippen molar-refractivity contribution in [2.24, 2.45) is 0 Å². The predicted molar refractivity (Wildman–Crippen MR) is 132 cm³/mol. The first-order valence-corrected chi connectivity index (χ1v) is 11.7. The van der Waals surface area contributed by atoms with E-state index >= 15 is 0 Å². The van der Waals surface area contributed by atoms with E-state index in [4.69, 9.17) is 0 Å². The van der Waals surface area contributed by atoms with Crippen molar-refractivity contribution in [3.8, 4) is 0 Å². The molecule has 0 aromatic heterocycles. The standard InChI is InChI=1S/C29H32F2N2/c1-21-15-26(18-32-14-6-9-23-7-4-3-5-8-23)16-27-20-33(22(2)29(21)27)19-25-12-10-24(11-13-25)17-28(30)31/h3-5,7-8,10-13,15-16,28,32H,2,6,9,14,17-20H2,1H3. The summed E-state index contributed by atoms with van der Waals surface area (Å²) in [4.78, 5) is 2.27. The highest BCUT2D eigenvalue weighted by Gasteiger charge is 2.24. The second-order valence-electron chi connectivity index (χ2n) is 8.93. The number of hydrogen-bond donors (Lipinski definition) is 1. The fourth-order valence-corrected chi connectivity index (χ4v) is 4.67. The van der Waals surface area contributed by atoms with Crippen LogP contribution in [0.1, 0.15) is 45.4 Å². The van der Waals surface area contributed by atoms with Crippen molar-refractivity contribution in [2.75, 3.05) is 6.54 Å². The van der Waals surface area contributed by atoms with Gasteiger partial charge in [-0.3, -0.25) is 0 Å². The number of halogens is 2. The third-order valence-corrected chi connectivity index (χ3v) is 6.29. The van der Waals surface area contributed by atoms with Gasteiger partial charge in [0.2, 0.25) is 6.43 Å². The van der Waals surface area contributed by atoms with Gasteiger partial charge in [0, 0.05) is 37.3 Å². The van der Waals surface area contributed by atoms with Crippen LogP contribution in [0.2, 0.25) is 0 Å². The summed E-state index contributed by atoms with van der Waals surface area (Å²) in [5, 5.41) is 3.58. The smallest absolute Gasteiger partial charge is 0.242 e. The molecular formula is C29H32F2N2. The van der Waals surface area contributed by atoms with Gasteiger partial charge in [-0.1, -0.05) is 73.3 Å². The van der Waals surface area contributed by atoms with Crippen LogP contribution < -0.4 is 5.32 Å². The van der Waals surface area contributed by atoms with Crippen LogP contribution in [0.4, 0.5) is 8.78 Å². The number of hydrogen-bond acceptors (Lipinski definition) is 2. The average molecular weight is 447 g/mol. The number of nitrogens with one attached hydrogen (secondary N) is 1. The number of alkyl halides is 2. The maximum atomic E-state index is 12.6. The van der Waals surface area contributed by atoms with E-state index in [-0.39, 0.29) is 6.42 Å². The van der Waals surface area contributed by atoms with E-state index in [1.54, 1.807) is 12.1 Å². The van der Waals surface area contributed by atoms with Crippen molar-refractivity contribution in [3.05, 3.63) is 112 Å². The molecule has 0 fully saturated rings. The third kappa shape index (κ3) is 6.08.